The van der Waals surface area contributed by atoms with E-state index in [1.165, 1.54) is 0 Å². The minimum atomic E-state index is -0.207. The van der Waals surface area contributed by atoms with E-state index >= 15 is 0 Å². The summed E-state index contributed by atoms with van der Waals surface area (Å²) in [7, 11) is 0. The normalized spacial score (nSPS) is 11.0. The molecule has 2 N–H and O–H groups in total. The topological polar surface area (TPSA) is 71.3 Å². The van der Waals surface area contributed by atoms with Gasteiger partial charge in [-0.3, -0.25) is 4.79 Å². The number of anilines is 2. The second-order valence-electron chi connectivity index (χ2n) is 6.27. The van der Waals surface area contributed by atoms with Crippen molar-refractivity contribution in [3.05, 3.63) is 90.8 Å². The van der Waals surface area contributed by atoms with Crippen LogP contribution in [-0.4, -0.2) is 21.7 Å². The third-order valence-electron chi connectivity index (χ3n) is 4.22. The molecule has 6 nitrogen and oxygen atoms in total. The first-order chi connectivity index (χ1) is 13.8. The SMILES string of the molecule is O=C(Cn1cnc2ccccc21)N/N=C\c1ccc(Nc2ccccc2)cc1. The molecule has 6 heteroatoms. The number of aromatic nitrogens is 2. The van der Waals surface area contributed by atoms with Crippen LogP contribution >= 0.6 is 0 Å². The number of carbonyl (C=O) groups is 1. The van der Waals surface area contributed by atoms with E-state index in [1.807, 2.05) is 78.9 Å². The zero-order valence-electron chi connectivity index (χ0n) is 15.1. The molecule has 1 heterocycles. The number of hydrazone groups is 1. The molecule has 0 spiro atoms. The summed E-state index contributed by atoms with van der Waals surface area (Å²) in [5.74, 6) is -0.207. The van der Waals surface area contributed by atoms with Crippen LogP contribution in [0, 0.1) is 0 Å². The molecular weight excluding hydrogens is 350 g/mol. The molecule has 0 aliphatic carbocycles. The van der Waals surface area contributed by atoms with E-state index in [9.17, 15) is 4.79 Å². The van der Waals surface area contributed by atoms with E-state index in [-0.39, 0.29) is 12.5 Å². The van der Waals surface area contributed by atoms with Crippen molar-refractivity contribution in [2.75, 3.05) is 5.32 Å². The van der Waals surface area contributed by atoms with Gasteiger partial charge in [0.2, 0.25) is 0 Å². The lowest BCUT2D eigenvalue weighted by Crippen LogP contribution is -2.22. The summed E-state index contributed by atoms with van der Waals surface area (Å²) in [5, 5.41) is 7.36. The maximum absolute atomic E-state index is 12.1. The first kappa shape index (κ1) is 17.5. The number of nitrogens with one attached hydrogen (secondary N) is 2. The number of carbonyl (C=O) groups excluding carboxylic acids is 1. The summed E-state index contributed by atoms with van der Waals surface area (Å²) in [5.41, 5.74) is 7.25. The Morgan fingerprint density at radius 3 is 2.46 bits per heavy atom. The van der Waals surface area contributed by atoms with Gasteiger partial charge in [-0.25, -0.2) is 10.4 Å². The molecule has 0 fully saturated rings. The van der Waals surface area contributed by atoms with Gasteiger partial charge < -0.3 is 9.88 Å². The summed E-state index contributed by atoms with van der Waals surface area (Å²) >= 11 is 0. The lowest BCUT2D eigenvalue weighted by molar-refractivity contribution is -0.121. The van der Waals surface area contributed by atoms with E-state index < -0.39 is 0 Å². The number of amides is 1. The Bertz CT molecular complexity index is 1100. The molecular formula is C22H19N5O. The van der Waals surface area contributed by atoms with Crippen LogP contribution in [0.4, 0.5) is 11.4 Å². The Balaban J connectivity index is 1.32. The lowest BCUT2D eigenvalue weighted by Gasteiger charge is -2.06. The molecule has 0 aliphatic heterocycles. The van der Waals surface area contributed by atoms with Crippen molar-refractivity contribution < 1.29 is 4.79 Å². The quantitative estimate of drug-likeness (QED) is 0.400. The summed E-state index contributed by atoms with van der Waals surface area (Å²) < 4.78 is 1.80. The van der Waals surface area contributed by atoms with Crippen LogP contribution in [0.5, 0.6) is 0 Å². The summed E-state index contributed by atoms with van der Waals surface area (Å²) in [4.78, 5) is 16.4. The highest BCUT2D eigenvalue weighted by molar-refractivity contribution is 5.84. The maximum atomic E-state index is 12.1. The molecule has 4 rings (SSSR count). The molecule has 0 unspecified atom stereocenters. The van der Waals surface area contributed by atoms with E-state index in [2.05, 4.69) is 20.8 Å². The predicted octanol–water partition coefficient (Wildman–Crippen LogP) is 3.93. The van der Waals surface area contributed by atoms with Crippen molar-refractivity contribution in [2.45, 2.75) is 6.54 Å². The number of nitrogens with zero attached hydrogens (tertiary/aromatic N) is 3. The molecule has 0 saturated carbocycles. The molecule has 3 aromatic carbocycles. The van der Waals surface area contributed by atoms with Gasteiger partial charge in [0.15, 0.2) is 0 Å². The number of fused-ring (bicyclic) bond motifs is 1. The van der Waals surface area contributed by atoms with Crippen LogP contribution in [0.15, 0.2) is 90.3 Å². The van der Waals surface area contributed by atoms with Crippen LogP contribution in [0.1, 0.15) is 5.56 Å². The fourth-order valence-electron chi connectivity index (χ4n) is 2.85. The molecule has 28 heavy (non-hydrogen) atoms. The minimum absolute atomic E-state index is 0.164. The molecule has 0 atom stereocenters. The average molecular weight is 369 g/mol. The monoisotopic (exact) mass is 369 g/mol. The van der Waals surface area contributed by atoms with E-state index in [4.69, 9.17) is 0 Å². The highest BCUT2D eigenvalue weighted by Gasteiger charge is 2.05. The average Bonchev–Trinajstić information content (AvgIpc) is 3.13. The molecule has 1 amide bonds. The summed E-state index contributed by atoms with van der Waals surface area (Å²) in [6, 6.07) is 25.5. The number of rotatable bonds is 6. The molecule has 138 valence electrons. The van der Waals surface area contributed by atoms with Gasteiger partial charge in [0.25, 0.3) is 5.91 Å². The van der Waals surface area contributed by atoms with Gasteiger partial charge in [0, 0.05) is 11.4 Å². The molecule has 0 aliphatic rings. The summed E-state index contributed by atoms with van der Waals surface area (Å²) in [6.45, 7) is 0.164. The fourth-order valence-corrected chi connectivity index (χ4v) is 2.85. The van der Waals surface area contributed by atoms with E-state index in [0.29, 0.717) is 0 Å². The van der Waals surface area contributed by atoms with Crippen molar-refractivity contribution in [3.8, 4) is 0 Å². The predicted molar refractivity (Wildman–Crippen MR) is 112 cm³/mol. The van der Waals surface area contributed by atoms with Crippen molar-refractivity contribution in [2.24, 2.45) is 5.10 Å². The Kier molecular flexibility index (Phi) is 5.11. The van der Waals surface area contributed by atoms with Crippen molar-refractivity contribution in [3.63, 3.8) is 0 Å². The Morgan fingerprint density at radius 1 is 0.929 bits per heavy atom. The fraction of sp³-hybridized carbons (Fsp3) is 0.0455. The molecule has 0 radical (unpaired) electrons. The lowest BCUT2D eigenvalue weighted by atomic mass is 10.2. The van der Waals surface area contributed by atoms with Gasteiger partial charge in [-0.1, -0.05) is 42.5 Å². The number of imidazole rings is 1. The van der Waals surface area contributed by atoms with Gasteiger partial charge >= 0.3 is 0 Å². The number of hydrogen-bond donors (Lipinski definition) is 2. The largest absolute Gasteiger partial charge is 0.356 e. The molecule has 0 bridgehead atoms. The van der Waals surface area contributed by atoms with Gasteiger partial charge in [-0.05, 0) is 42.0 Å². The molecule has 0 saturated heterocycles. The number of hydrogen-bond acceptors (Lipinski definition) is 4. The van der Waals surface area contributed by atoms with Crippen molar-refractivity contribution in [1.29, 1.82) is 0 Å². The Morgan fingerprint density at radius 2 is 1.64 bits per heavy atom. The zero-order valence-corrected chi connectivity index (χ0v) is 15.1. The van der Waals surface area contributed by atoms with Gasteiger partial charge in [-0.2, -0.15) is 5.10 Å². The van der Waals surface area contributed by atoms with Crippen molar-refractivity contribution >= 4 is 34.5 Å². The molecule has 1 aromatic heterocycles. The maximum Gasteiger partial charge on any atom is 0.260 e. The number of benzene rings is 3. The minimum Gasteiger partial charge on any atom is -0.356 e. The third-order valence-corrected chi connectivity index (χ3v) is 4.22. The summed E-state index contributed by atoms with van der Waals surface area (Å²) in [6.07, 6.45) is 3.28. The van der Waals surface area contributed by atoms with E-state index in [0.717, 1.165) is 28.0 Å². The second-order valence-corrected chi connectivity index (χ2v) is 6.27. The van der Waals surface area contributed by atoms with Crippen molar-refractivity contribution in [1.82, 2.24) is 15.0 Å². The first-order valence-corrected chi connectivity index (χ1v) is 8.92. The zero-order chi connectivity index (χ0) is 19.2. The molecule has 4 aromatic rings. The number of para-hydroxylation sites is 3. The standard InChI is InChI=1S/C22H19N5O/c28-22(15-27-16-23-20-8-4-5-9-21(20)27)26-24-14-17-10-12-19(13-11-17)25-18-6-2-1-3-7-18/h1-14,16,25H,15H2,(H,26,28)/b24-14-. The third kappa shape index (κ3) is 4.24. The highest BCUT2D eigenvalue weighted by Crippen LogP contribution is 2.16. The smallest absolute Gasteiger partial charge is 0.260 e. The van der Waals surface area contributed by atoms with Gasteiger partial charge in [0.1, 0.15) is 6.54 Å². The Hall–Kier alpha value is -3.93. The van der Waals surface area contributed by atoms with Crippen LogP contribution < -0.4 is 10.7 Å². The van der Waals surface area contributed by atoms with Crippen LogP contribution in [-0.2, 0) is 11.3 Å². The highest BCUT2D eigenvalue weighted by atomic mass is 16.2. The van der Waals surface area contributed by atoms with Crippen LogP contribution in [0.2, 0.25) is 0 Å². The van der Waals surface area contributed by atoms with E-state index in [1.54, 1.807) is 17.1 Å². The first-order valence-electron chi connectivity index (χ1n) is 8.92. The van der Waals surface area contributed by atoms with Gasteiger partial charge in [0.05, 0.1) is 23.6 Å². The van der Waals surface area contributed by atoms with Crippen LogP contribution in [0.3, 0.4) is 0 Å². The second kappa shape index (κ2) is 8.18. The van der Waals surface area contributed by atoms with Crippen LogP contribution in [0.25, 0.3) is 11.0 Å². The Labute approximate surface area is 162 Å². The van der Waals surface area contributed by atoms with Gasteiger partial charge in [-0.15, -0.1) is 0 Å².